The van der Waals surface area contributed by atoms with Crippen LogP contribution in [0.3, 0.4) is 0 Å². The zero-order valence-electron chi connectivity index (χ0n) is 13.2. The summed E-state index contributed by atoms with van der Waals surface area (Å²) in [6.45, 7) is 3.68. The first-order valence-electron chi connectivity index (χ1n) is 7.84. The monoisotopic (exact) mass is 331 g/mol. The second-order valence-corrected chi connectivity index (χ2v) is 7.66. The zero-order valence-corrected chi connectivity index (χ0v) is 14.0. The molecule has 5 nitrogen and oxygen atoms in total. The molecule has 2 aromatic rings. The van der Waals surface area contributed by atoms with Gasteiger partial charge in [-0.25, -0.2) is 8.42 Å². The lowest BCUT2D eigenvalue weighted by Gasteiger charge is -2.18. The number of nitrogens with one attached hydrogen (secondary N) is 1. The lowest BCUT2D eigenvalue weighted by atomic mass is 10.2. The Morgan fingerprint density at radius 2 is 1.87 bits per heavy atom. The summed E-state index contributed by atoms with van der Waals surface area (Å²) >= 11 is 0. The van der Waals surface area contributed by atoms with Crippen LogP contribution in [0.4, 0.5) is 11.4 Å². The molecule has 1 aliphatic rings. The van der Waals surface area contributed by atoms with Gasteiger partial charge in [0.05, 0.1) is 5.75 Å². The van der Waals surface area contributed by atoms with Crippen LogP contribution in [0.25, 0.3) is 0 Å². The van der Waals surface area contributed by atoms with E-state index >= 15 is 0 Å². The van der Waals surface area contributed by atoms with Gasteiger partial charge in [-0.15, -0.1) is 0 Å². The number of unbranched alkanes of at least 4 members (excludes halogenated alkanes) is 1. The van der Waals surface area contributed by atoms with Gasteiger partial charge < -0.3 is 4.90 Å². The fourth-order valence-corrected chi connectivity index (χ4v) is 3.97. The minimum atomic E-state index is -3.24. The highest BCUT2D eigenvalue weighted by Crippen LogP contribution is 2.28. The number of anilines is 2. The van der Waals surface area contributed by atoms with Crippen molar-refractivity contribution in [1.29, 1.82) is 0 Å². The maximum atomic E-state index is 11.9. The highest BCUT2D eigenvalue weighted by molar-refractivity contribution is 7.92. The molecule has 0 atom stereocenters. The molecule has 0 aliphatic carbocycles. The molecule has 0 bridgehead atoms. The Morgan fingerprint density at radius 1 is 1.13 bits per heavy atom. The van der Waals surface area contributed by atoms with E-state index in [0.717, 1.165) is 25.2 Å². The molecular formula is C17H21N3O2S. The summed E-state index contributed by atoms with van der Waals surface area (Å²) in [7, 11) is -3.24. The molecule has 0 fully saturated rings. The minimum absolute atomic E-state index is 0.166. The number of hydrogen-bond acceptors (Lipinski definition) is 4. The van der Waals surface area contributed by atoms with Crippen LogP contribution in [0.15, 0.2) is 42.7 Å². The predicted octanol–water partition coefficient (Wildman–Crippen LogP) is 3.14. The predicted molar refractivity (Wildman–Crippen MR) is 92.9 cm³/mol. The Hall–Kier alpha value is -2.08. The number of rotatable bonds is 6. The summed E-state index contributed by atoms with van der Waals surface area (Å²) in [6.07, 6.45) is 5.26. The van der Waals surface area contributed by atoms with Gasteiger partial charge in [0, 0.05) is 36.9 Å². The molecule has 0 spiro atoms. The third-order valence-electron chi connectivity index (χ3n) is 4.00. The normalized spacial score (nSPS) is 13.9. The Labute approximate surface area is 137 Å². The van der Waals surface area contributed by atoms with Crippen molar-refractivity contribution >= 4 is 21.4 Å². The SMILES string of the molecule is CCCCS(=O)(=O)Nc1ccc(N2Cc3ccncc3C2)cc1. The van der Waals surface area contributed by atoms with Crippen LogP contribution >= 0.6 is 0 Å². The average Bonchev–Trinajstić information content (AvgIpc) is 2.97. The van der Waals surface area contributed by atoms with Crippen molar-refractivity contribution < 1.29 is 8.42 Å². The van der Waals surface area contributed by atoms with Crippen LogP contribution < -0.4 is 9.62 Å². The second-order valence-electron chi connectivity index (χ2n) is 5.82. The number of pyridine rings is 1. The Kier molecular flexibility index (Phi) is 4.52. The summed E-state index contributed by atoms with van der Waals surface area (Å²) in [5.41, 5.74) is 4.24. The fourth-order valence-electron chi connectivity index (χ4n) is 2.71. The molecule has 0 saturated heterocycles. The van der Waals surface area contributed by atoms with Crippen molar-refractivity contribution in [2.75, 3.05) is 15.4 Å². The van der Waals surface area contributed by atoms with E-state index in [1.807, 2.05) is 49.6 Å². The van der Waals surface area contributed by atoms with E-state index in [1.165, 1.54) is 11.1 Å². The highest BCUT2D eigenvalue weighted by atomic mass is 32.2. The Bertz CT molecular complexity index is 748. The molecule has 3 rings (SSSR count). The standard InChI is InChI=1S/C17H21N3O2S/c1-2-3-10-23(21,22)19-16-4-6-17(7-5-16)20-12-14-8-9-18-11-15(14)13-20/h4-9,11,19H,2-3,10,12-13H2,1H3. The van der Waals surface area contributed by atoms with E-state index < -0.39 is 10.0 Å². The summed E-state index contributed by atoms with van der Waals surface area (Å²) < 4.78 is 26.5. The first kappa shape index (κ1) is 15.8. The molecule has 0 radical (unpaired) electrons. The fraction of sp³-hybridized carbons (Fsp3) is 0.353. The molecular weight excluding hydrogens is 310 g/mol. The smallest absolute Gasteiger partial charge is 0.232 e. The van der Waals surface area contributed by atoms with E-state index in [9.17, 15) is 8.42 Å². The first-order chi connectivity index (χ1) is 11.1. The lowest BCUT2D eigenvalue weighted by Crippen LogP contribution is -2.17. The van der Waals surface area contributed by atoms with Crippen LogP contribution in [0.1, 0.15) is 30.9 Å². The second kappa shape index (κ2) is 6.58. The largest absolute Gasteiger partial charge is 0.363 e. The Morgan fingerprint density at radius 3 is 2.57 bits per heavy atom. The van der Waals surface area contributed by atoms with Crippen molar-refractivity contribution in [1.82, 2.24) is 4.98 Å². The van der Waals surface area contributed by atoms with Gasteiger partial charge in [0.25, 0.3) is 0 Å². The molecule has 1 N–H and O–H groups in total. The Balaban J connectivity index is 1.67. The molecule has 1 aromatic heterocycles. The van der Waals surface area contributed by atoms with Gasteiger partial charge in [0.2, 0.25) is 10.0 Å². The van der Waals surface area contributed by atoms with E-state index in [-0.39, 0.29) is 5.75 Å². The van der Waals surface area contributed by atoms with E-state index in [4.69, 9.17) is 0 Å². The number of fused-ring (bicyclic) bond motifs is 1. The highest BCUT2D eigenvalue weighted by Gasteiger charge is 2.19. The van der Waals surface area contributed by atoms with Crippen LogP contribution in [-0.2, 0) is 23.1 Å². The number of nitrogens with zero attached hydrogens (tertiary/aromatic N) is 2. The molecule has 0 saturated carbocycles. The summed E-state index contributed by atoms with van der Waals surface area (Å²) in [5.74, 6) is 0.166. The lowest BCUT2D eigenvalue weighted by molar-refractivity contribution is 0.598. The summed E-state index contributed by atoms with van der Waals surface area (Å²) in [6, 6.07) is 9.60. The first-order valence-corrected chi connectivity index (χ1v) is 9.50. The van der Waals surface area contributed by atoms with Crippen LogP contribution in [0.5, 0.6) is 0 Å². The van der Waals surface area contributed by atoms with Crippen LogP contribution in [0, 0.1) is 0 Å². The molecule has 122 valence electrons. The van der Waals surface area contributed by atoms with Gasteiger partial charge in [-0.2, -0.15) is 0 Å². The third-order valence-corrected chi connectivity index (χ3v) is 5.37. The number of benzene rings is 1. The molecule has 0 amide bonds. The topological polar surface area (TPSA) is 62.3 Å². The van der Waals surface area contributed by atoms with Gasteiger partial charge in [0.1, 0.15) is 0 Å². The van der Waals surface area contributed by atoms with Crippen LogP contribution in [-0.4, -0.2) is 19.2 Å². The van der Waals surface area contributed by atoms with Gasteiger partial charge in [0.15, 0.2) is 0 Å². The van der Waals surface area contributed by atoms with Crippen LogP contribution in [0.2, 0.25) is 0 Å². The molecule has 1 aliphatic heterocycles. The molecule has 23 heavy (non-hydrogen) atoms. The van der Waals surface area contributed by atoms with Crippen molar-refractivity contribution in [2.45, 2.75) is 32.9 Å². The zero-order chi connectivity index (χ0) is 16.3. The van der Waals surface area contributed by atoms with E-state index in [2.05, 4.69) is 14.6 Å². The number of sulfonamides is 1. The molecule has 0 unspecified atom stereocenters. The van der Waals surface area contributed by atoms with Gasteiger partial charge >= 0.3 is 0 Å². The van der Waals surface area contributed by atoms with Crippen molar-refractivity contribution in [3.05, 3.63) is 53.9 Å². The number of aromatic nitrogens is 1. The van der Waals surface area contributed by atoms with Gasteiger partial charge in [-0.1, -0.05) is 13.3 Å². The molecule has 1 aromatic carbocycles. The van der Waals surface area contributed by atoms with Crippen molar-refractivity contribution in [3.63, 3.8) is 0 Å². The average molecular weight is 331 g/mol. The summed E-state index contributed by atoms with van der Waals surface area (Å²) in [4.78, 5) is 6.41. The maximum Gasteiger partial charge on any atom is 0.232 e. The summed E-state index contributed by atoms with van der Waals surface area (Å²) in [5, 5.41) is 0. The minimum Gasteiger partial charge on any atom is -0.363 e. The quantitative estimate of drug-likeness (QED) is 0.883. The molecule has 6 heteroatoms. The van der Waals surface area contributed by atoms with E-state index in [1.54, 1.807) is 0 Å². The van der Waals surface area contributed by atoms with E-state index in [0.29, 0.717) is 12.1 Å². The third kappa shape index (κ3) is 3.82. The maximum absolute atomic E-state index is 11.9. The molecule has 2 heterocycles. The van der Waals surface area contributed by atoms with Gasteiger partial charge in [-0.05, 0) is 47.9 Å². The number of hydrogen-bond donors (Lipinski definition) is 1. The van der Waals surface area contributed by atoms with Crippen molar-refractivity contribution in [2.24, 2.45) is 0 Å². The van der Waals surface area contributed by atoms with Gasteiger partial charge in [-0.3, -0.25) is 9.71 Å². The van der Waals surface area contributed by atoms with Crippen molar-refractivity contribution in [3.8, 4) is 0 Å².